The van der Waals surface area contributed by atoms with Crippen LogP contribution in [0.1, 0.15) is 5.48 Å². The van der Waals surface area contributed by atoms with Crippen LogP contribution < -0.4 is 14.8 Å². The second kappa shape index (κ2) is 8.60. The van der Waals surface area contributed by atoms with Gasteiger partial charge in [0.05, 0.1) is 29.9 Å². The molecule has 13 nitrogen and oxygen atoms in total. The highest BCUT2D eigenvalue weighted by atomic mass is 32.2. The number of methoxy groups -OCH3 is 1. The Morgan fingerprint density at radius 1 is 1.16 bits per heavy atom. The lowest BCUT2D eigenvalue weighted by Gasteiger charge is -2.42. The molecule has 0 saturated carbocycles. The third-order valence-electron chi connectivity index (χ3n) is 4.25. The lowest BCUT2D eigenvalue weighted by molar-refractivity contribution is -0.224. The fourth-order valence-corrected chi connectivity index (χ4v) is 4.00. The zero-order valence-corrected chi connectivity index (χ0v) is 16.5. The van der Waals surface area contributed by atoms with E-state index >= 15 is 0 Å². The summed E-state index contributed by atoms with van der Waals surface area (Å²) in [7, 11) is -4.03. The van der Waals surface area contributed by atoms with Crippen molar-refractivity contribution in [3.8, 4) is 5.75 Å². The van der Waals surface area contributed by atoms with Gasteiger partial charge in [0.1, 0.15) is 18.3 Å². The van der Waals surface area contributed by atoms with Crippen LogP contribution in [0, 0.1) is 0 Å². The van der Waals surface area contributed by atoms with E-state index < -0.39 is 87.3 Å². The molecule has 2 aromatic rings. The quantitative estimate of drug-likeness (QED) is 0.301. The minimum Gasteiger partial charge on any atom is -0.494 e. The van der Waals surface area contributed by atoms with Crippen LogP contribution in [0.5, 0.6) is 5.75 Å². The number of nitrogens with zero attached hydrogens (tertiary/aromatic N) is 3. The van der Waals surface area contributed by atoms with Gasteiger partial charge in [0.2, 0.25) is 5.95 Å². The number of aliphatic hydroxyl groups is 3. The summed E-state index contributed by atoms with van der Waals surface area (Å²) >= 11 is 0. The minimum absolute atomic E-state index is 0.0619. The maximum absolute atomic E-state index is 13.7. The van der Waals surface area contributed by atoms with E-state index in [4.69, 9.17) is 20.7 Å². The Labute approximate surface area is 182 Å². The second-order valence-corrected chi connectivity index (χ2v) is 7.98. The Balaban J connectivity index is 2.30. The molecule has 14 heteroatoms. The molecule has 1 unspecified atom stereocenters. The summed E-state index contributed by atoms with van der Waals surface area (Å²) in [6.45, 7) is 0. The van der Waals surface area contributed by atoms with Crippen molar-refractivity contribution in [2.24, 2.45) is 0 Å². The lowest BCUT2D eigenvalue weighted by atomic mass is 9.98. The SMILES string of the molecule is [2H]c1c([2H])c(S(=O)(=O)N(c2ncc(OC)cn2)[C@@H]2O[C@H](C(=O)O)[C@@H](O)C(O)[C@H]2O)c([2H])c([2H])c1N. The third kappa shape index (κ3) is 4.24. The van der Waals surface area contributed by atoms with Crippen molar-refractivity contribution in [1.29, 1.82) is 0 Å². The molecule has 0 radical (unpaired) electrons. The average Bonchev–Trinajstić information content (AvgIpc) is 2.81. The van der Waals surface area contributed by atoms with Crippen LogP contribution in [0.4, 0.5) is 11.6 Å². The topological polar surface area (TPSA) is 206 Å². The molecule has 1 aliphatic rings. The number of carboxylic acids is 1. The first-order valence-corrected chi connectivity index (χ1v) is 9.88. The van der Waals surface area contributed by atoms with Gasteiger partial charge < -0.3 is 35.6 Å². The summed E-state index contributed by atoms with van der Waals surface area (Å²) in [5.41, 5.74) is 4.88. The lowest BCUT2D eigenvalue weighted by Crippen LogP contribution is -2.65. The molecule has 6 N–H and O–H groups in total. The van der Waals surface area contributed by atoms with Gasteiger partial charge in [0.25, 0.3) is 10.0 Å². The summed E-state index contributed by atoms with van der Waals surface area (Å²) in [6.07, 6.45) is -9.17. The molecule has 0 bridgehead atoms. The summed E-state index contributed by atoms with van der Waals surface area (Å²) in [5, 5.41) is 40.1. The van der Waals surface area contributed by atoms with Gasteiger partial charge in [-0.2, -0.15) is 0 Å². The van der Waals surface area contributed by atoms with Crippen LogP contribution in [0.2, 0.25) is 0 Å². The van der Waals surface area contributed by atoms with E-state index in [1.165, 1.54) is 7.11 Å². The molecule has 5 atom stereocenters. The molecule has 3 rings (SSSR count). The van der Waals surface area contributed by atoms with Crippen molar-refractivity contribution >= 4 is 27.6 Å². The molecule has 2 heterocycles. The molecule has 1 aliphatic heterocycles. The first-order valence-electron chi connectivity index (χ1n) is 10.4. The smallest absolute Gasteiger partial charge is 0.335 e. The van der Waals surface area contributed by atoms with Crippen LogP contribution >= 0.6 is 0 Å². The molecule has 31 heavy (non-hydrogen) atoms. The van der Waals surface area contributed by atoms with Gasteiger partial charge in [-0.25, -0.2) is 27.5 Å². The van der Waals surface area contributed by atoms with Crippen molar-refractivity contribution < 1.29 is 48.6 Å². The first-order chi connectivity index (χ1) is 16.2. The van der Waals surface area contributed by atoms with E-state index in [9.17, 15) is 33.6 Å². The number of nitrogen functional groups attached to an aromatic ring is 1. The fourth-order valence-electron chi connectivity index (χ4n) is 2.68. The van der Waals surface area contributed by atoms with Gasteiger partial charge >= 0.3 is 5.97 Å². The highest BCUT2D eigenvalue weighted by molar-refractivity contribution is 7.92. The Morgan fingerprint density at radius 2 is 1.74 bits per heavy atom. The zero-order valence-electron chi connectivity index (χ0n) is 19.7. The predicted molar refractivity (Wildman–Crippen MR) is 103 cm³/mol. The molecular weight excluding hydrogens is 436 g/mol. The number of carboxylic acid groups (broad SMARTS) is 1. The van der Waals surface area contributed by atoms with Crippen LogP contribution in [-0.2, 0) is 19.6 Å². The number of sulfonamides is 1. The largest absolute Gasteiger partial charge is 0.494 e. The van der Waals surface area contributed by atoms with E-state index in [1.807, 2.05) is 0 Å². The average molecular weight is 460 g/mol. The third-order valence-corrected chi connectivity index (χ3v) is 5.86. The Morgan fingerprint density at radius 3 is 2.26 bits per heavy atom. The molecule has 1 fully saturated rings. The normalized spacial score (nSPS) is 28.1. The first kappa shape index (κ1) is 17.6. The van der Waals surface area contributed by atoms with Crippen LogP contribution in [-0.4, -0.2) is 82.5 Å². The number of aromatic nitrogens is 2. The Bertz CT molecular complexity index is 1220. The molecule has 168 valence electrons. The summed E-state index contributed by atoms with van der Waals surface area (Å²) in [5.74, 6) is -2.53. The van der Waals surface area contributed by atoms with Crippen LogP contribution in [0.15, 0.2) is 41.5 Å². The number of nitrogens with two attached hydrogens (primary N) is 1. The van der Waals surface area contributed by atoms with Crippen molar-refractivity contribution in [3.05, 3.63) is 36.6 Å². The van der Waals surface area contributed by atoms with Gasteiger partial charge in [-0.3, -0.25) is 0 Å². The summed E-state index contributed by atoms with van der Waals surface area (Å²) in [6, 6.07) is -3.93. The van der Waals surface area contributed by atoms with Gasteiger partial charge in [-0.05, 0) is 24.2 Å². The highest BCUT2D eigenvalue weighted by Crippen LogP contribution is 2.31. The number of aliphatic hydroxyl groups excluding tert-OH is 3. The van der Waals surface area contributed by atoms with E-state index in [1.54, 1.807) is 0 Å². The Hall–Kier alpha value is -3.04. The summed E-state index contributed by atoms with van der Waals surface area (Å²) in [4.78, 5) is 17.9. The number of benzene rings is 1. The second-order valence-electron chi connectivity index (χ2n) is 6.22. The van der Waals surface area contributed by atoms with E-state index in [-0.39, 0.29) is 10.1 Å². The minimum atomic E-state index is -5.29. The number of ether oxygens (including phenoxy) is 2. The van der Waals surface area contributed by atoms with Crippen molar-refractivity contribution in [1.82, 2.24) is 9.97 Å². The molecule has 1 aromatic heterocycles. The van der Waals surface area contributed by atoms with E-state index in [0.29, 0.717) is 0 Å². The number of hydrogen-bond donors (Lipinski definition) is 5. The van der Waals surface area contributed by atoms with Crippen molar-refractivity contribution in [3.63, 3.8) is 0 Å². The van der Waals surface area contributed by atoms with E-state index in [0.717, 1.165) is 12.4 Å². The van der Waals surface area contributed by atoms with Crippen molar-refractivity contribution in [2.75, 3.05) is 17.1 Å². The van der Waals surface area contributed by atoms with E-state index in [2.05, 4.69) is 9.97 Å². The number of carbonyl (C=O) groups is 1. The molecule has 0 amide bonds. The van der Waals surface area contributed by atoms with Gasteiger partial charge in [-0.15, -0.1) is 0 Å². The number of hydrogen-bond acceptors (Lipinski definition) is 11. The Kier molecular flexibility index (Phi) is 4.89. The standard InChI is InChI=1S/C17H20N4O9S/c1-29-9-6-19-17(20-7-9)21(31(27,28)10-4-2-8(18)3-5-10)15-13(24)11(22)12(23)14(30-15)16(25)26/h2-7,11-15,22-24H,18H2,1H3,(H,25,26)/t11?,12-,13+,14-,15+/m0/s1/i2D,3D,4D,5D. The van der Waals surface area contributed by atoms with Crippen LogP contribution in [0.3, 0.4) is 0 Å². The number of aliphatic carboxylic acids is 1. The number of anilines is 2. The maximum atomic E-state index is 13.7. The summed E-state index contributed by atoms with van der Waals surface area (Å²) < 4.78 is 69.4. The predicted octanol–water partition coefficient (Wildman–Crippen LogP) is -1.85. The number of rotatable bonds is 6. The monoisotopic (exact) mass is 460 g/mol. The van der Waals surface area contributed by atoms with Crippen LogP contribution in [0.25, 0.3) is 0 Å². The maximum Gasteiger partial charge on any atom is 0.335 e. The van der Waals surface area contributed by atoms with Gasteiger partial charge in [0.15, 0.2) is 18.1 Å². The molecule has 1 saturated heterocycles. The zero-order chi connectivity index (χ0) is 26.4. The molecule has 1 aromatic carbocycles. The molecule has 0 spiro atoms. The fraction of sp³-hybridized carbons (Fsp3) is 0.353. The van der Waals surface area contributed by atoms with Crippen molar-refractivity contribution in [2.45, 2.75) is 35.5 Å². The molecule has 0 aliphatic carbocycles. The van der Waals surface area contributed by atoms with Gasteiger partial charge in [0, 0.05) is 5.69 Å². The molecular formula is C17H20N4O9S. The highest BCUT2D eigenvalue weighted by Gasteiger charge is 2.52. The van der Waals surface area contributed by atoms with Gasteiger partial charge in [-0.1, -0.05) is 0 Å².